The van der Waals surface area contributed by atoms with E-state index in [2.05, 4.69) is 36.3 Å². The molecule has 1 aliphatic rings. The summed E-state index contributed by atoms with van der Waals surface area (Å²) in [7, 11) is 2.89. The normalized spacial score (nSPS) is 14.1. The van der Waals surface area contributed by atoms with Crippen LogP contribution < -0.4 is 26.0 Å². The van der Waals surface area contributed by atoms with Crippen LogP contribution in [-0.4, -0.2) is 72.4 Å². The van der Waals surface area contributed by atoms with Crippen LogP contribution in [0.1, 0.15) is 38.1 Å². The van der Waals surface area contributed by atoms with Gasteiger partial charge in [0.2, 0.25) is 11.7 Å². The summed E-state index contributed by atoms with van der Waals surface area (Å²) in [5.41, 5.74) is 0.323. The molecule has 4 N–H and O–H groups in total. The largest absolute Gasteiger partial charge is 0.494 e. The third-order valence-corrected chi connectivity index (χ3v) is 5.26. The molecule has 14 nitrogen and oxygen atoms in total. The highest BCUT2D eigenvalue weighted by atomic mass is 16.5. The van der Waals surface area contributed by atoms with Crippen LogP contribution in [0.4, 0.5) is 17.2 Å². The number of hydrogen-bond acceptors (Lipinski definition) is 11. The Bertz CT molecular complexity index is 1410. The molecule has 0 atom stereocenters. The standard InChI is InChI=1S/C23H26N8O6/c1-24-21(33)17-15(11-16(29-30-17)27-20(32)12-7-8-12)26-14-6-4-5-13(18(14)36-3)19-28-23(37-31-19)22(34)25-9-10-35-2/h4-6,11-12H,7-10H2,1-3H3,(H,24,33)(H,25,34)(H2,26,27,29,32)/i1D3. The lowest BCUT2D eigenvalue weighted by Gasteiger charge is -2.16. The lowest BCUT2D eigenvalue weighted by atomic mass is 10.1. The van der Waals surface area contributed by atoms with E-state index in [4.69, 9.17) is 18.1 Å². The molecular weight excluding hydrogens is 484 g/mol. The summed E-state index contributed by atoms with van der Waals surface area (Å²) in [6, 6.07) is 6.21. The van der Waals surface area contributed by atoms with Gasteiger partial charge in [-0.05, 0) is 25.0 Å². The summed E-state index contributed by atoms with van der Waals surface area (Å²) < 4.78 is 37.6. The molecule has 3 aromatic rings. The van der Waals surface area contributed by atoms with Crippen molar-refractivity contribution in [3.05, 3.63) is 35.9 Å². The van der Waals surface area contributed by atoms with Gasteiger partial charge in [0.15, 0.2) is 17.3 Å². The van der Waals surface area contributed by atoms with Gasteiger partial charge in [-0.2, -0.15) is 4.98 Å². The topological polar surface area (TPSA) is 182 Å². The van der Waals surface area contributed by atoms with E-state index in [9.17, 15) is 14.4 Å². The van der Waals surface area contributed by atoms with Crippen LogP contribution in [-0.2, 0) is 9.53 Å². The lowest BCUT2D eigenvalue weighted by Crippen LogP contribution is -2.27. The molecule has 1 aliphatic carbocycles. The lowest BCUT2D eigenvalue weighted by molar-refractivity contribution is -0.117. The van der Waals surface area contributed by atoms with Gasteiger partial charge < -0.3 is 35.3 Å². The van der Waals surface area contributed by atoms with Crippen molar-refractivity contribution in [3.63, 3.8) is 0 Å². The fourth-order valence-corrected chi connectivity index (χ4v) is 3.29. The van der Waals surface area contributed by atoms with E-state index in [1.165, 1.54) is 20.3 Å². The summed E-state index contributed by atoms with van der Waals surface area (Å²) in [5.74, 6) is -1.92. The molecule has 3 amide bonds. The highest BCUT2D eigenvalue weighted by Gasteiger charge is 2.30. The number of methoxy groups -OCH3 is 2. The summed E-state index contributed by atoms with van der Waals surface area (Å²) in [6.45, 7) is -2.23. The van der Waals surface area contributed by atoms with Crippen LogP contribution in [0.25, 0.3) is 11.4 Å². The first kappa shape index (κ1) is 21.7. The maximum Gasteiger partial charge on any atom is 0.316 e. The van der Waals surface area contributed by atoms with Crippen molar-refractivity contribution in [1.29, 1.82) is 0 Å². The van der Waals surface area contributed by atoms with Crippen molar-refractivity contribution < 1.29 is 32.5 Å². The van der Waals surface area contributed by atoms with E-state index in [-0.39, 0.29) is 53.0 Å². The van der Waals surface area contributed by atoms with Crippen LogP contribution in [0.3, 0.4) is 0 Å². The number of amides is 3. The van der Waals surface area contributed by atoms with E-state index >= 15 is 0 Å². The first-order valence-corrected chi connectivity index (χ1v) is 11.2. The van der Waals surface area contributed by atoms with E-state index in [1.807, 2.05) is 5.32 Å². The van der Waals surface area contributed by atoms with Crippen molar-refractivity contribution in [2.75, 3.05) is 45.0 Å². The van der Waals surface area contributed by atoms with Crippen LogP contribution in [0.15, 0.2) is 28.8 Å². The van der Waals surface area contributed by atoms with E-state index in [1.54, 1.807) is 18.2 Å². The molecule has 1 aromatic carbocycles. The van der Waals surface area contributed by atoms with Gasteiger partial charge in [-0.3, -0.25) is 14.4 Å². The summed E-state index contributed by atoms with van der Waals surface area (Å²) in [6.07, 6.45) is 1.53. The molecule has 0 spiro atoms. The average molecular weight is 514 g/mol. The monoisotopic (exact) mass is 513 g/mol. The molecule has 2 heterocycles. The van der Waals surface area contributed by atoms with Crippen molar-refractivity contribution in [1.82, 2.24) is 31.0 Å². The maximum atomic E-state index is 12.7. The fraction of sp³-hybridized carbons (Fsp3) is 0.348. The Morgan fingerprint density at radius 2 is 2.00 bits per heavy atom. The van der Waals surface area contributed by atoms with Gasteiger partial charge in [-0.1, -0.05) is 11.2 Å². The second-order valence-corrected chi connectivity index (χ2v) is 7.89. The molecule has 2 aromatic heterocycles. The number of carbonyl (C=O) groups excluding carboxylic acids is 3. The first-order valence-electron chi connectivity index (χ1n) is 12.7. The maximum absolute atomic E-state index is 12.7. The molecule has 4 rings (SSSR count). The average Bonchev–Trinajstić information content (AvgIpc) is 3.64. The molecule has 1 saturated carbocycles. The zero-order valence-electron chi connectivity index (χ0n) is 23.0. The Labute approximate surface area is 215 Å². The predicted octanol–water partition coefficient (Wildman–Crippen LogP) is 1.36. The Morgan fingerprint density at radius 1 is 1.16 bits per heavy atom. The second-order valence-electron chi connectivity index (χ2n) is 7.89. The number of aromatic nitrogens is 4. The number of ether oxygens (including phenoxy) is 2. The van der Waals surface area contributed by atoms with Crippen LogP contribution >= 0.6 is 0 Å². The van der Waals surface area contributed by atoms with Crippen molar-refractivity contribution in [2.24, 2.45) is 5.92 Å². The van der Waals surface area contributed by atoms with E-state index in [0.717, 1.165) is 12.8 Å². The van der Waals surface area contributed by atoms with Gasteiger partial charge in [0.05, 0.1) is 30.7 Å². The molecule has 0 unspecified atom stereocenters. The van der Waals surface area contributed by atoms with E-state index in [0.29, 0.717) is 17.9 Å². The Hall–Kier alpha value is -4.59. The third kappa shape index (κ3) is 5.98. The zero-order chi connectivity index (χ0) is 28.9. The molecule has 0 aliphatic heterocycles. The van der Waals surface area contributed by atoms with Crippen molar-refractivity contribution >= 4 is 34.9 Å². The molecule has 0 radical (unpaired) electrons. The van der Waals surface area contributed by atoms with Crippen LogP contribution in [0, 0.1) is 5.92 Å². The van der Waals surface area contributed by atoms with Gasteiger partial charge in [-0.15, -0.1) is 10.2 Å². The smallest absolute Gasteiger partial charge is 0.316 e. The summed E-state index contributed by atoms with van der Waals surface area (Å²) >= 11 is 0. The number of para-hydroxylation sites is 1. The molecule has 1 fully saturated rings. The summed E-state index contributed by atoms with van der Waals surface area (Å²) in [5, 5.41) is 21.7. The minimum absolute atomic E-state index is 0.0321. The van der Waals surface area contributed by atoms with Gasteiger partial charge in [0.1, 0.15) is 0 Å². The fourth-order valence-electron chi connectivity index (χ4n) is 3.29. The number of rotatable bonds is 11. The Morgan fingerprint density at radius 3 is 2.73 bits per heavy atom. The number of anilines is 3. The Kier molecular flexibility index (Phi) is 6.70. The molecule has 37 heavy (non-hydrogen) atoms. The molecule has 0 saturated heterocycles. The van der Waals surface area contributed by atoms with Gasteiger partial charge in [-0.25, -0.2) is 0 Å². The minimum Gasteiger partial charge on any atom is -0.494 e. The van der Waals surface area contributed by atoms with Crippen molar-refractivity contribution in [3.8, 4) is 17.1 Å². The van der Waals surface area contributed by atoms with Gasteiger partial charge in [0.25, 0.3) is 5.91 Å². The quantitative estimate of drug-likeness (QED) is 0.272. The molecule has 14 heteroatoms. The SMILES string of the molecule is [2H]C([2H])([2H])NC(=O)c1nnc(NC(=O)C2CC2)cc1Nc1cccc(-c2noc(C(=O)NCCOC)n2)c1OC. The zero-order valence-corrected chi connectivity index (χ0v) is 20.0. The highest BCUT2D eigenvalue weighted by Crippen LogP contribution is 2.37. The second kappa shape index (κ2) is 11.4. The minimum atomic E-state index is -2.78. The van der Waals surface area contributed by atoms with Crippen LogP contribution in [0.2, 0.25) is 0 Å². The van der Waals surface area contributed by atoms with Crippen LogP contribution in [0.5, 0.6) is 5.75 Å². The number of hydrogen-bond donors (Lipinski definition) is 4. The van der Waals surface area contributed by atoms with Crippen molar-refractivity contribution in [2.45, 2.75) is 12.8 Å². The number of nitrogens with one attached hydrogen (secondary N) is 4. The number of nitrogens with zero attached hydrogens (tertiary/aromatic N) is 4. The molecule has 0 bridgehead atoms. The van der Waals surface area contributed by atoms with E-state index < -0.39 is 18.8 Å². The van der Waals surface area contributed by atoms with Gasteiger partial charge >= 0.3 is 11.8 Å². The van der Waals surface area contributed by atoms with Gasteiger partial charge in [0, 0.05) is 36.7 Å². The summed E-state index contributed by atoms with van der Waals surface area (Å²) in [4.78, 5) is 41.4. The first-order chi connectivity index (χ1) is 19.1. The molecular formula is C23H26N8O6. The highest BCUT2D eigenvalue weighted by molar-refractivity contribution is 6.00. The Balaban J connectivity index is 1.66. The third-order valence-electron chi connectivity index (χ3n) is 5.26. The predicted molar refractivity (Wildman–Crippen MR) is 131 cm³/mol. The number of benzene rings is 1. The molecule has 194 valence electrons. The number of carbonyl (C=O) groups is 3.